The van der Waals surface area contributed by atoms with Gasteiger partial charge < -0.3 is 5.32 Å². The van der Waals surface area contributed by atoms with Crippen molar-refractivity contribution >= 4 is 0 Å². The van der Waals surface area contributed by atoms with Crippen molar-refractivity contribution < 1.29 is 0 Å². The first-order chi connectivity index (χ1) is 9.22. The molecule has 1 heteroatoms. The molecule has 0 radical (unpaired) electrons. The summed E-state index contributed by atoms with van der Waals surface area (Å²) < 4.78 is 0. The van der Waals surface area contributed by atoms with Gasteiger partial charge in [0.25, 0.3) is 0 Å². The summed E-state index contributed by atoms with van der Waals surface area (Å²) in [6.07, 6.45) is 15.2. The quantitative estimate of drug-likeness (QED) is 0.584. The SMILES string of the molecule is C=C/C=C1/NC(C)=C(CCCCCCC)C/C1=C/C. The summed E-state index contributed by atoms with van der Waals surface area (Å²) >= 11 is 0. The highest BCUT2D eigenvalue weighted by Crippen LogP contribution is 2.29. The Kier molecular flexibility index (Phi) is 7.32. The van der Waals surface area contributed by atoms with E-state index in [0.29, 0.717) is 0 Å². The Balaban J connectivity index is 2.56. The van der Waals surface area contributed by atoms with Crippen molar-refractivity contribution in [3.05, 3.63) is 47.3 Å². The Labute approximate surface area is 119 Å². The van der Waals surface area contributed by atoms with E-state index in [1.807, 2.05) is 6.08 Å². The molecule has 0 saturated carbocycles. The molecule has 0 spiro atoms. The van der Waals surface area contributed by atoms with Crippen LogP contribution < -0.4 is 5.32 Å². The predicted molar refractivity (Wildman–Crippen MR) is 85.9 cm³/mol. The van der Waals surface area contributed by atoms with E-state index in [-0.39, 0.29) is 0 Å². The Morgan fingerprint density at radius 1 is 1.21 bits per heavy atom. The normalized spacial score (nSPS) is 19.9. The Morgan fingerprint density at radius 3 is 2.58 bits per heavy atom. The van der Waals surface area contributed by atoms with Crippen LogP contribution in [0.15, 0.2) is 47.3 Å². The van der Waals surface area contributed by atoms with Crippen LogP contribution in [0.1, 0.15) is 65.7 Å². The number of nitrogens with one attached hydrogen (secondary N) is 1. The van der Waals surface area contributed by atoms with Gasteiger partial charge >= 0.3 is 0 Å². The molecule has 1 heterocycles. The first kappa shape index (κ1) is 15.8. The highest BCUT2D eigenvalue weighted by Gasteiger charge is 2.15. The van der Waals surface area contributed by atoms with Crippen LogP contribution in [0, 0.1) is 0 Å². The summed E-state index contributed by atoms with van der Waals surface area (Å²) in [5.74, 6) is 0. The lowest BCUT2D eigenvalue weighted by Gasteiger charge is -2.25. The molecule has 1 aliphatic rings. The average Bonchev–Trinajstić information content (AvgIpc) is 2.41. The molecule has 0 aliphatic carbocycles. The molecule has 0 saturated heterocycles. The van der Waals surface area contributed by atoms with Gasteiger partial charge in [-0.1, -0.05) is 51.3 Å². The van der Waals surface area contributed by atoms with Crippen molar-refractivity contribution in [2.75, 3.05) is 0 Å². The third-order valence-electron chi connectivity index (χ3n) is 3.82. The molecule has 0 bridgehead atoms. The second-order valence-electron chi connectivity index (χ2n) is 5.32. The van der Waals surface area contributed by atoms with Crippen LogP contribution in [-0.4, -0.2) is 0 Å². The monoisotopic (exact) mass is 259 g/mol. The summed E-state index contributed by atoms with van der Waals surface area (Å²) in [7, 11) is 0. The molecule has 1 aliphatic heterocycles. The smallest absolute Gasteiger partial charge is 0.0414 e. The third-order valence-corrected chi connectivity index (χ3v) is 3.82. The van der Waals surface area contributed by atoms with Gasteiger partial charge in [-0.15, -0.1) is 0 Å². The second kappa shape index (κ2) is 8.79. The highest BCUT2D eigenvalue weighted by atomic mass is 14.9. The number of unbranched alkanes of at least 4 members (excludes halogenated alkanes) is 4. The van der Waals surface area contributed by atoms with Gasteiger partial charge in [0.15, 0.2) is 0 Å². The van der Waals surface area contributed by atoms with Crippen molar-refractivity contribution in [1.82, 2.24) is 5.32 Å². The van der Waals surface area contributed by atoms with Gasteiger partial charge in [0.2, 0.25) is 0 Å². The van der Waals surface area contributed by atoms with E-state index in [9.17, 15) is 0 Å². The predicted octanol–water partition coefficient (Wildman–Crippen LogP) is 5.63. The molecule has 0 aromatic carbocycles. The summed E-state index contributed by atoms with van der Waals surface area (Å²) in [6.45, 7) is 10.4. The molecule has 0 aromatic rings. The van der Waals surface area contributed by atoms with Crippen molar-refractivity contribution in [3.8, 4) is 0 Å². The number of hydrogen-bond donors (Lipinski definition) is 1. The molecule has 1 rings (SSSR count). The van der Waals surface area contributed by atoms with E-state index < -0.39 is 0 Å². The van der Waals surface area contributed by atoms with Crippen molar-refractivity contribution in [3.63, 3.8) is 0 Å². The number of allylic oxidation sites excluding steroid dienone is 6. The van der Waals surface area contributed by atoms with Crippen LogP contribution in [-0.2, 0) is 0 Å². The van der Waals surface area contributed by atoms with Gasteiger partial charge in [-0.2, -0.15) is 0 Å². The van der Waals surface area contributed by atoms with E-state index in [2.05, 4.69) is 44.8 Å². The zero-order valence-electron chi connectivity index (χ0n) is 12.9. The van der Waals surface area contributed by atoms with Gasteiger partial charge in [-0.25, -0.2) is 0 Å². The van der Waals surface area contributed by atoms with Gasteiger partial charge in [-0.05, 0) is 50.3 Å². The lowest BCUT2D eigenvalue weighted by Crippen LogP contribution is -2.20. The fourth-order valence-corrected chi connectivity index (χ4v) is 2.57. The fourth-order valence-electron chi connectivity index (χ4n) is 2.57. The minimum atomic E-state index is 1.10. The van der Waals surface area contributed by atoms with Gasteiger partial charge in [0, 0.05) is 11.4 Å². The topological polar surface area (TPSA) is 12.0 Å². The van der Waals surface area contributed by atoms with E-state index in [4.69, 9.17) is 0 Å². The number of rotatable bonds is 7. The van der Waals surface area contributed by atoms with Crippen LogP contribution in [0.25, 0.3) is 0 Å². The highest BCUT2D eigenvalue weighted by molar-refractivity contribution is 5.42. The maximum atomic E-state index is 3.79. The molecule has 0 amide bonds. The Morgan fingerprint density at radius 2 is 1.95 bits per heavy atom. The molecule has 1 nitrogen and oxygen atoms in total. The van der Waals surface area contributed by atoms with Gasteiger partial charge in [-0.3, -0.25) is 0 Å². The molecule has 0 atom stereocenters. The third kappa shape index (κ3) is 5.10. The molecule has 1 N–H and O–H groups in total. The van der Waals surface area contributed by atoms with Crippen LogP contribution in [0.2, 0.25) is 0 Å². The Hall–Kier alpha value is -1.24. The van der Waals surface area contributed by atoms with Crippen LogP contribution in [0.3, 0.4) is 0 Å². The van der Waals surface area contributed by atoms with Crippen molar-refractivity contribution in [2.24, 2.45) is 0 Å². The molecule has 0 aromatic heterocycles. The minimum Gasteiger partial charge on any atom is -0.359 e. The molecule has 0 fully saturated rings. The van der Waals surface area contributed by atoms with Gasteiger partial charge in [0.05, 0.1) is 0 Å². The van der Waals surface area contributed by atoms with E-state index in [1.54, 1.807) is 5.57 Å². The molecule has 19 heavy (non-hydrogen) atoms. The lowest BCUT2D eigenvalue weighted by molar-refractivity contribution is 0.621. The molecule has 0 unspecified atom stereocenters. The molecular formula is C18H29N. The standard InChI is InChI=1S/C18H29N/c1-5-8-9-10-11-13-17-14-16(7-3)18(12-6-2)19-15(17)4/h6-7,12,19H,2,5,8-11,13-14H2,1,3-4H3/b16-7-,18-12+. The largest absolute Gasteiger partial charge is 0.359 e. The fraction of sp³-hybridized carbons (Fsp3) is 0.556. The van der Waals surface area contributed by atoms with Crippen LogP contribution >= 0.6 is 0 Å². The summed E-state index contributed by atoms with van der Waals surface area (Å²) in [4.78, 5) is 0. The first-order valence-electron chi connectivity index (χ1n) is 7.66. The number of hydrogen-bond acceptors (Lipinski definition) is 1. The first-order valence-corrected chi connectivity index (χ1v) is 7.66. The van der Waals surface area contributed by atoms with E-state index in [0.717, 1.165) is 6.42 Å². The molecular weight excluding hydrogens is 230 g/mol. The van der Waals surface area contributed by atoms with Crippen molar-refractivity contribution in [2.45, 2.75) is 65.7 Å². The maximum absolute atomic E-state index is 3.79. The van der Waals surface area contributed by atoms with Crippen LogP contribution in [0.5, 0.6) is 0 Å². The summed E-state index contributed by atoms with van der Waals surface area (Å²) in [5.41, 5.74) is 5.53. The van der Waals surface area contributed by atoms with E-state index >= 15 is 0 Å². The maximum Gasteiger partial charge on any atom is 0.0414 e. The summed E-state index contributed by atoms with van der Waals surface area (Å²) in [5, 5.41) is 3.52. The van der Waals surface area contributed by atoms with Crippen molar-refractivity contribution in [1.29, 1.82) is 0 Å². The molecule has 106 valence electrons. The Bertz CT molecular complexity index is 382. The minimum absolute atomic E-state index is 1.10. The van der Waals surface area contributed by atoms with E-state index in [1.165, 1.54) is 55.5 Å². The van der Waals surface area contributed by atoms with Gasteiger partial charge in [0.1, 0.15) is 0 Å². The second-order valence-corrected chi connectivity index (χ2v) is 5.32. The van der Waals surface area contributed by atoms with Crippen LogP contribution in [0.4, 0.5) is 0 Å². The lowest BCUT2D eigenvalue weighted by atomic mass is 9.92. The summed E-state index contributed by atoms with van der Waals surface area (Å²) in [6, 6.07) is 0. The zero-order chi connectivity index (χ0) is 14.1. The average molecular weight is 259 g/mol. The zero-order valence-corrected chi connectivity index (χ0v) is 12.9.